The van der Waals surface area contributed by atoms with Gasteiger partial charge in [0.2, 0.25) is 11.8 Å². The number of aryl methyl sites for hydroxylation is 2. The number of hydrogen-bond donors (Lipinski definition) is 2. The normalized spacial score (nSPS) is 11.9. The highest BCUT2D eigenvalue weighted by atomic mass is 79.9. The van der Waals surface area contributed by atoms with E-state index < -0.39 is 6.04 Å². The number of benzene rings is 1. The van der Waals surface area contributed by atoms with E-state index in [0.717, 1.165) is 15.7 Å². The van der Waals surface area contributed by atoms with Gasteiger partial charge in [0.25, 0.3) is 0 Å². The van der Waals surface area contributed by atoms with Gasteiger partial charge in [-0.15, -0.1) is 0 Å². The van der Waals surface area contributed by atoms with Gasteiger partial charge in [-0.2, -0.15) is 0 Å². The predicted octanol–water partition coefficient (Wildman–Crippen LogP) is 3.36. The largest absolute Gasteiger partial charge is 0.324 e. The van der Waals surface area contributed by atoms with Crippen LogP contribution in [0.3, 0.4) is 0 Å². The summed E-state index contributed by atoms with van der Waals surface area (Å²) < 4.78 is 0.823. The highest BCUT2D eigenvalue weighted by Gasteiger charge is 2.21. The van der Waals surface area contributed by atoms with Crippen molar-refractivity contribution in [1.29, 1.82) is 0 Å². The zero-order chi connectivity index (χ0) is 19.3. The van der Waals surface area contributed by atoms with Crippen LogP contribution in [0.15, 0.2) is 40.9 Å². The maximum atomic E-state index is 12.5. The second-order valence-electron chi connectivity index (χ2n) is 6.28. The SMILES string of the molecule is Cc1ccc(NC(=O)C(C)N(C)CC(=O)Nc2cccc(C)n2)c(Br)c1. The van der Waals surface area contributed by atoms with Crippen LogP contribution in [0.25, 0.3) is 0 Å². The van der Waals surface area contributed by atoms with Crippen LogP contribution in [0.1, 0.15) is 18.2 Å². The second-order valence-corrected chi connectivity index (χ2v) is 7.13. The zero-order valence-corrected chi connectivity index (χ0v) is 16.9. The van der Waals surface area contributed by atoms with Crippen LogP contribution in [0.5, 0.6) is 0 Å². The third kappa shape index (κ3) is 5.64. The van der Waals surface area contributed by atoms with Crippen LogP contribution < -0.4 is 10.6 Å². The summed E-state index contributed by atoms with van der Waals surface area (Å²) in [5, 5.41) is 5.62. The summed E-state index contributed by atoms with van der Waals surface area (Å²) in [6.07, 6.45) is 0. The number of nitrogens with one attached hydrogen (secondary N) is 2. The Kier molecular flexibility index (Phi) is 6.88. The number of carbonyl (C=O) groups is 2. The van der Waals surface area contributed by atoms with E-state index in [1.54, 1.807) is 24.9 Å². The van der Waals surface area contributed by atoms with E-state index in [1.165, 1.54) is 0 Å². The van der Waals surface area contributed by atoms with Crippen molar-refractivity contribution in [3.8, 4) is 0 Å². The van der Waals surface area contributed by atoms with E-state index in [2.05, 4.69) is 31.5 Å². The molecule has 0 saturated heterocycles. The van der Waals surface area contributed by atoms with E-state index in [1.807, 2.05) is 44.2 Å². The van der Waals surface area contributed by atoms with Crippen molar-refractivity contribution >= 4 is 39.2 Å². The van der Waals surface area contributed by atoms with Crippen molar-refractivity contribution in [2.24, 2.45) is 0 Å². The van der Waals surface area contributed by atoms with Crippen LogP contribution in [-0.2, 0) is 9.59 Å². The average Bonchev–Trinajstić information content (AvgIpc) is 2.56. The summed E-state index contributed by atoms with van der Waals surface area (Å²) in [5.41, 5.74) is 2.63. The second kappa shape index (κ2) is 8.91. The Bertz CT molecular complexity index is 810. The monoisotopic (exact) mass is 418 g/mol. The van der Waals surface area contributed by atoms with E-state index in [0.29, 0.717) is 11.5 Å². The molecule has 1 heterocycles. The summed E-state index contributed by atoms with van der Waals surface area (Å²) in [6.45, 7) is 5.68. The van der Waals surface area contributed by atoms with Gasteiger partial charge in [0, 0.05) is 10.2 Å². The summed E-state index contributed by atoms with van der Waals surface area (Å²) in [7, 11) is 1.73. The maximum Gasteiger partial charge on any atom is 0.241 e. The Balaban J connectivity index is 1.92. The number of pyridine rings is 1. The van der Waals surface area contributed by atoms with Gasteiger partial charge in [-0.3, -0.25) is 14.5 Å². The fraction of sp³-hybridized carbons (Fsp3) is 0.316. The molecule has 0 aliphatic carbocycles. The molecule has 7 heteroatoms. The number of likely N-dealkylation sites (N-methyl/N-ethyl adjacent to an activating group) is 1. The maximum absolute atomic E-state index is 12.5. The van der Waals surface area contributed by atoms with Gasteiger partial charge in [-0.05, 0) is 73.6 Å². The van der Waals surface area contributed by atoms with Gasteiger partial charge >= 0.3 is 0 Å². The molecule has 2 aromatic rings. The van der Waals surface area contributed by atoms with Crippen molar-refractivity contribution in [2.75, 3.05) is 24.2 Å². The number of nitrogens with zero attached hydrogens (tertiary/aromatic N) is 2. The Morgan fingerprint density at radius 2 is 1.92 bits per heavy atom. The van der Waals surface area contributed by atoms with E-state index in [-0.39, 0.29) is 18.4 Å². The van der Waals surface area contributed by atoms with Crippen molar-refractivity contribution < 1.29 is 9.59 Å². The minimum absolute atomic E-state index is 0.0826. The number of amides is 2. The van der Waals surface area contributed by atoms with Crippen LogP contribution >= 0.6 is 15.9 Å². The lowest BCUT2D eigenvalue weighted by atomic mass is 10.2. The van der Waals surface area contributed by atoms with Gasteiger partial charge in [0.15, 0.2) is 0 Å². The fourth-order valence-electron chi connectivity index (χ4n) is 2.32. The van der Waals surface area contributed by atoms with Crippen LogP contribution in [-0.4, -0.2) is 41.3 Å². The summed E-state index contributed by atoms with van der Waals surface area (Å²) in [4.78, 5) is 30.6. The standard InChI is InChI=1S/C19H23BrN4O2/c1-12-8-9-16(15(20)10-12)22-19(26)14(3)24(4)11-18(25)23-17-7-5-6-13(2)21-17/h5-10,14H,11H2,1-4H3,(H,22,26)(H,21,23,25). The third-order valence-corrected chi connectivity index (χ3v) is 4.63. The lowest BCUT2D eigenvalue weighted by molar-refractivity contribution is -0.122. The number of rotatable bonds is 6. The molecule has 0 fully saturated rings. The lowest BCUT2D eigenvalue weighted by Crippen LogP contribution is -2.43. The molecule has 1 aromatic carbocycles. The minimum Gasteiger partial charge on any atom is -0.324 e. The molecule has 0 saturated carbocycles. The molecule has 2 amide bonds. The Labute approximate surface area is 162 Å². The zero-order valence-electron chi connectivity index (χ0n) is 15.3. The molecule has 6 nitrogen and oxygen atoms in total. The van der Waals surface area contributed by atoms with E-state index in [4.69, 9.17) is 0 Å². The van der Waals surface area contributed by atoms with Crippen molar-refractivity contribution in [3.63, 3.8) is 0 Å². The highest BCUT2D eigenvalue weighted by Crippen LogP contribution is 2.23. The van der Waals surface area contributed by atoms with Crippen LogP contribution in [0.4, 0.5) is 11.5 Å². The molecule has 1 atom stereocenters. The smallest absolute Gasteiger partial charge is 0.241 e. The molecule has 0 bridgehead atoms. The first-order chi connectivity index (χ1) is 12.3. The van der Waals surface area contributed by atoms with E-state index >= 15 is 0 Å². The van der Waals surface area contributed by atoms with Gasteiger partial charge in [0.1, 0.15) is 5.82 Å². The first-order valence-corrected chi connectivity index (χ1v) is 9.06. The molecular formula is C19H23BrN4O2. The molecule has 2 rings (SSSR count). The number of carbonyl (C=O) groups excluding carboxylic acids is 2. The molecule has 138 valence electrons. The molecule has 0 spiro atoms. The molecular weight excluding hydrogens is 396 g/mol. The predicted molar refractivity (Wildman–Crippen MR) is 107 cm³/mol. The van der Waals surface area contributed by atoms with Crippen molar-refractivity contribution in [3.05, 3.63) is 52.1 Å². The number of aromatic nitrogens is 1. The van der Waals surface area contributed by atoms with Crippen molar-refractivity contribution in [1.82, 2.24) is 9.88 Å². The Hall–Kier alpha value is -2.25. The Morgan fingerprint density at radius 1 is 1.19 bits per heavy atom. The van der Waals surface area contributed by atoms with Gasteiger partial charge in [-0.25, -0.2) is 4.98 Å². The molecule has 0 aliphatic rings. The quantitative estimate of drug-likeness (QED) is 0.753. The third-order valence-electron chi connectivity index (χ3n) is 3.97. The molecule has 0 aliphatic heterocycles. The molecule has 1 unspecified atom stereocenters. The number of hydrogen-bond acceptors (Lipinski definition) is 4. The van der Waals surface area contributed by atoms with Crippen LogP contribution in [0, 0.1) is 13.8 Å². The molecule has 2 N–H and O–H groups in total. The number of anilines is 2. The number of halogens is 1. The topological polar surface area (TPSA) is 74.3 Å². The fourth-order valence-corrected chi connectivity index (χ4v) is 2.91. The van der Waals surface area contributed by atoms with Crippen LogP contribution in [0.2, 0.25) is 0 Å². The summed E-state index contributed by atoms with van der Waals surface area (Å²) >= 11 is 3.45. The lowest BCUT2D eigenvalue weighted by Gasteiger charge is -2.23. The van der Waals surface area contributed by atoms with Gasteiger partial charge in [-0.1, -0.05) is 12.1 Å². The van der Waals surface area contributed by atoms with Gasteiger partial charge < -0.3 is 10.6 Å². The van der Waals surface area contributed by atoms with Gasteiger partial charge in [0.05, 0.1) is 18.3 Å². The highest BCUT2D eigenvalue weighted by molar-refractivity contribution is 9.10. The first kappa shape index (κ1) is 20.1. The first-order valence-electron chi connectivity index (χ1n) is 8.27. The Morgan fingerprint density at radius 3 is 2.58 bits per heavy atom. The average molecular weight is 419 g/mol. The summed E-state index contributed by atoms with van der Waals surface area (Å²) in [5.74, 6) is 0.101. The van der Waals surface area contributed by atoms with E-state index in [9.17, 15) is 9.59 Å². The molecule has 1 aromatic heterocycles. The molecule has 0 radical (unpaired) electrons. The summed E-state index contributed by atoms with van der Waals surface area (Å²) in [6, 6.07) is 10.7. The molecule has 26 heavy (non-hydrogen) atoms. The minimum atomic E-state index is -0.473. The van der Waals surface area contributed by atoms with Crippen molar-refractivity contribution in [2.45, 2.75) is 26.8 Å².